The molecular weight excluding hydrogens is 300 g/mol. The molecular formula is C16H22N2O5. The predicted molar refractivity (Wildman–Crippen MR) is 85.7 cm³/mol. The first-order chi connectivity index (χ1) is 10.9. The molecule has 1 rings (SSSR count). The van der Waals surface area contributed by atoms with E-state index in [1.54, 1.807) is 24.3 Å². The van der Waals surface area contributed by atoms with Crippen molar-refractivity contribution in [2.75, 3.05) is 11.9 Å². The highest BCUT2D eigenvalue weighted by atomic mass is 16.5. The largest absolute Gasteiger partial charge is 0.494 e. The van der Waals surface area contributed by atoms with Crippen molar-refractivity contribution in [1.29, 1.82) is 0 Å². The first-order valence-electron chi connectivity index (χ1n) is 7.45. The summed E-state index contributed by atoms with van der Waals surface area (Å²) in [5.74, 6) is -0.870. The summed E-state index contributed by atoms with van der Waals surface area (Å²) in [5.41, 5.74) is 0.498. The van der Waals surface area contributed by atoms with E-state index in [2.05, 4.69) is 17.6 Å². The number of amides is 2. The number of unbranched alkanes of at least 4 members (excludes halogenated alkanes) is 1. The topological polar surface area (TPSA) is 105 Å². The Morgan fingerprint density at radius 1 is 1.22 bits per heavy atom. The van der Waals surface area contributed by atoms with Gasteiger partial charge in [0.05, 0.1) is 6.61 Å². The Kier molecular flexibility index (Phi) is 7.59. The third kappa shape index (κ3) is 7.30. The van der Waals surface area contributed by atoms with Crippen molar-refractivity contribution in [3.63, 3.8) is 0 Å². The van der Waals surface area contributed by atoms with Gasteiger partial charge in [-0.15, -0.1) is 0 Å². The molecule has 0 heterocycles. The van der Waals surface area contributed by atoms with Gasteiger partial charge in [-0.1, -0.05) is 13.3 Å². The molecule has 0 saturated carbocycles. The molecule has 7 heteroatoms. The number of hydrogen-bond acceptors (Lipinski definition) is 4. The lowest BCUT2D eigenvalue weighted by Crippen LogP contribution is -2.44. The Hall–Kier alpha value is -2.57. The zero-order valence-corrected chi connectivity index (χ0v) is 13.3. The van der Waals surface area contributed by atoms with Gasteiger partial charge >= 0.3 is 12.0 Å². The molecule has 7 nitrogen and oxygen atoms in total. The van der Waals surface area contributed by atoms with Crippen LogP contribution in [-0.2, 0) is 9.59 Å². The Bertz CT molecular complexity index is 542. The van der Waals surface area contributed by atoms with Crippen LogP contribution in [0.2, 0.25) is 0 Å². The molecule has 0 fully saturated rings. The van der Waals surface area contributed by atoms with Crippen molar-refractivity contribution in [2.45, 2.75) is 39.2 Å². The quantitative estimate of drug-likeness (QED) is 0.606. The summed E-state index contributed by atoms with van der Waals surface area (Å²) >= 11 is 0. The molecule has 0 aliphatic carbocycles. The molecule has 1 aromatic carbocycles. The number of Topliss-reactive ketones (excluding diaryl/α,β-unsaturated/α-hetero) is 1. The second kappa shape index (κ2) is 9.45. The molecule has 0 spiro atoms. The maximum absolute atomic E-state index is 11.8. The van der Waals surface area contributed by atoms with Crippen molar-refractivity contribution in [2.24, 2.45) is 0 Å². The third-order valence-corrected chi connectivity index (χ3v) is 2.97. The molecule has 2 amide bonds. The number of carbonyl (C=O) groups is 3. The first-order valence-corrected chi connectivity index (χ1v) is 7.45. The maximum atomic E-state index is 11.8. The number of aliphatic carboxylic acids is 1. The molecule has 3 N–H and O–H groups in total. The third-order valence-electron chi connectivity index (χ3n) is 2.97. The minimum atomic E-state index is -1.25. The fourth-order valence-electron chi connectivity index (χ4n) is 1.78. The lowest BCUT2D eigenvalue weighted by atomic mass is 10.1. The lowest BCUT2D eigenvalue weighted by Gasteiger charge is -2.14. The average Bonchev–Trinajstić information content (AvgIpc) is 2.48. The van der Waals surface area contributed by atoms with Gasteiger partial charge in [-0.25, -0.2) is 9.59 Å². The maximum Gasteiger partial charge on any atom is 0.326 e. The Labute approximate surface area is 135 Å². The number of urea groups is 1. The summed E-state index contributed by atoms with van der Waals surface area (Å²) in [6.45, 7) is 3.98. The normalized spacial score (nSPS) is 11.4. The number of hydrogen-bond donors (Lipinski definition) is 3. The van der Waals surface area contributed by atoms with Gasteiger partial charge in [-0.3, -0.25) is 4.79 Å². The van der Waals surface area contributed by atoms with Crippen molar-refractivity contribution in [1.82, 2.24) is 5.32 Å². The summed E-state index contributed by atoms with van der Waals surface area (Å²) in [6, 6.07) is 4.82. The van der Waals surface area contributed by atoms with Crippen LogP contribution in [0.15, 0.2) is 24.3 Å². The minimum absolute atomic E-state index is 0.257. The van der Waals surface area contributed by atoms with E-state index in [-0.39, 0.29) is 12.2 Å². The number of carboxylic acids is 1. The number of ether oxygens (including phenoxy) is 1. The molecule has 1 atom stereocenters. The van der Waals surface area contributed by atoms with Crippen LogP contribution in [-0.4, -0.2) is 35.5 Å². The van der Waals surface area contributed by atoms with Gasteiger partial charge in [0.25, 0.3) is 0 Å². The van der Waals surface area contributed by atoms with Gasteiger partial charge in [-0.2, -0.15) is 0 Å². The van der Waals surface area contributed by atoms with Crippen LogP contribution >= 0.6 is 0 Å². The minimum Gasteiger partial charge on any atom is -0.494 e. The van der Waals surface area contributed by atoms with Crippen LogP contribution in [0, 0.1) is 0 Å². The van der Waals surface area contributed by atoms with Crippen LogP contribution in [0.3, 0.4) is 0 Å². The second-order valence-corrected chi connectivity index (χ2v) is 5.12. The van der Waals surface area contributed by atoms with Gasteiger partial charge in [0.1, 0.15) is 17.6 Å². The van der Waals surface area contributed by atoms with Crippen molar-refractivity contribution >= 4 is 23.5 Å². The standard InChI is InChI=1S/C16H22N2O5/c1-3-4-9-23-13-7-5-12(6-8-13)17-16(22)18-14(15(20)21)10-11(2)19/h5-8,14H,3-4,9-10H2,1-2H3,(H,20,21)(H2,17,18,22). The van der Waals surface area contributed by atoms with E-state index in [1.165, 1.54) is 6.92 Å². The number of benzene rings is 1. The van der Waals surface area contributed by atoms with E-state index in [0.29, 0.717) is 18.0 Å². The molecule has 1 aromatic rings. The Morgan fingerprint density at radius 2 is 1.87 bits per heavy atom. The number of carboxylic acid groups (broad SMARTS) is 1. The van der Waals surface area contributed by atoms with Crippen molar-refractivity contribution in [3.05, 3.63) is 24.3 Å². The molecule has 0 aliphatic rings. The highest BCUT2D eigenvalue weighted by Gasteiger charge is 2.21. The fraction of sp³-hybridized carbons (Fsp3) is 0.438. The van der Waals surface area contributed by atoms with E-state index in [1.807, 2.05) is 0 Å². The van der Waals surface area contributed by atoms with Crippen LogP contribution < -0.4 is 15.4 Å². The van der Waals surface area contributed by atoms with Gasteiger partial charge in [0, 0.05) is 12.1 Å². The number of nitrogens with one attached hydrogen (secondary N) is 2. The number of rotatable bonds is 9. The summed E-state index contributed by atoms with van der Waals surface area (Å²) in [6.07, 6.45) is 1.76. The monoisotopic (exact) mass is 322 g/mol. The molecule has 0 bridgehead atoms. The summed E-state index contributed by atoms with van der Waals surface area (Å²) in [5, 5.41) is 13.7. The van der Waals surface area contributed by atoms with Crippen LogP contribution in [0.4, 0.5) is 10.5 Å². The van der Waals surface area contributed by atoms with Gasteiger partial charge in [0.15, 0.2) is 0 Å². The Morgan fingerprint density at radius 3 is 2.39 bits per heavy atom. The van der Waals surface area contributed by atoms with E-state index in [0.717, 1.165) is 12.8 Å². The van der Waals surface area contributed by atoms with Gasteiger partial charge in [0.2, 0.25) is 0 Å². The summed E-state index contributed by atoms with van der Waals surface area (Å²) < 4.78 is 5.50. The van der Waals surface area contributed by atoms with E-state index in [9.17, 15) is 14.4 Å². The zero-order chi connectivity index (χ0) is 17.2. The molecule has 0 radical (unpaired) electrons. The van der Waals surface area contributed by atoms with E-state index >= 15 is 0 Å². The van der Waals surface area contributed by atoms with Crippen molar-refractivity contribution in [3.8, 4) is 5.75 Å². The molecule has 23 heavy (non-hydrogen) atoms. The predicted octanol–water partition coefficient (Wildman–Crippen LogP) is 2.42. The Balaban J connectivity index is 2.52. The highest BCUT2D eigenvalue weighted by molar-refractivity contribution is 5.94. The molecule has 0 aliphatic heterocycles. The first kappa shape index (κ1) is 18.5. The second-order valence-electron chi connectivity index (χ2n) is 5.12. The molecule has 0 saturated heterocycles. The van der Waals surface area contributed by atoms with E-state index < -0.39 is 18.0 Å². The average molecular weight is 322 g/mol. The fourth-order valence-corrected chi connectivity index (χ4v) is 1.78. The number of carbonyl (C=O) groups excluding carboxylic acids is 2. The number of anilines is 1. The van der Waals surface area contributed by atoms with Gasteiger partial charge < -0.3 is 20.5 Å². The molecule has 1 unspecified atom stereocenters. The number of ketones is 1. The zero-order valence-electron chi connectivity index (χ0n) is 13.3. The van der Waals surface area contributed by atoms with Crippen LogP contribution in [0.5, 0.6) is 5.75 Å². The summed E-state index contributed by atoms with van der Waals surface area (Å²) in [4.78, 5) is 33.8. The van der Waals surface area contributed by atoms with Gasteiger partial charge in [-0.05, 0) is 37.6 Å². The lowest BCUT2D eigenvalue weighted by molar-refractivity contribution is -0.140. The molecule has 126 valence electrons. The van der Waals surface area contributed by atoms with E-state index in [4.69, 9.17) is 9.84 Å². The van der Waals surface area contributed by atoms with Crippen LogP contribution in [0.1, 0.15) is 33.1 Å². The molecule has 0 aromatic heterocycles. The van der Waals surface area contributed by atoms with Crippen LogP contribution in [0.25, 0.3) is 0 Å². The SMILES string of the molecule is CCCCOc1ccc(NC(=O)NC(CC(C)=O)C(=O)O)cc1. The highest BCUT2D eigenvalue weighted by Crippen LogP contribution is 2.16. The van der Waals surface area contributed by atoms with Crippen molar-refractivity contribution < 1.29 is 24.2 Å². The smallest absolute Gasteiger partial charge is 0.326 e. The summed E-state index contributed by atoms with van der Waals surface area (Å²) in [7, 11) is 0.